The summed E-state index contributed by atoms with van der Waals surface area (Å²) < 4.78 is 42.0. The summed E-state index contributed by atoms with van der Waals surface area (Å²) in [5.41, 5.74) is 1.05. The van der Waals surface area contributed by atoms with Crippen molar-refractivity contribution in [2.24, 2.45) is 0 Å². The maximum Gasteiger partial charge on any atom is 0.348 e. The second-order valence-electron chi connectivity index (χ2n) is 6.34. The molecule has 2 aromatic rings. The molecule has 0 spiro atoms. The summed E-state index contributed by atoms with van der Waals surface area (Å²) >= 11 is 0. The second-order valence-corrected chi connectivity index (χ2v) is 6.34. The highest BCUT2D eigenvalue weighted by atomic mass is 19.1. The number of esters is 2. The molecule has 5 nitrogen and oxygen atoms in total. The lowest BCUT2D eigenvalue weighted by Crippen LogP contribution is -2.41. The van der Waals surface area contributed by atoms with Gasteiger partial charge in [0.2, 0.25) is 0 Å². The van der Waals surface area contributed by atoms with Gasteiger partial charge in [-0.15, -0.1) is 0 Å². The van der Waals surface area contributed by atoms with E-state index in [9.17, 15) is 18.4 Å². The van der Waals surface area contributed by atoms with Crippen molar-refractivity contribution in [3.8, 4) is 5.75 Å². The molecule has 0 atom stereocenters. The Morgan fingerprint density at radius 2 is 1.63 bits per heavy atom. The molecular formula is C20H16F2O5. The van der Waals surface area contributed by atoms with Crippen molar-refractivity contribution < 1.29 is 32.6 Å². The van der Waals surface area contributed by atoms with Crippen molar-refractivity contribution in [1.29, 1.82) is 0 Å². The van der Waals surface area contributed by atoms with Gasteiger partial charge in [-0.2, -0.15) is 0 Å². The molecule has 140 valence electrons. The number of halogens is 2. The van der Waals surface area contributed by atoms with Crippen LogP contribution in [0, 0.1) is 11.6 Å². The highest BCUT2D eigenvalue weighted by Gasteiger charge is 2.38. The van der Waals surface area contributed by atoms with Crippen LogP contribution in [0.15, 0.2) is 48.0 Å². The minimum atomic E-state index is -1.29. The summed E-state index contributed by atoms with van der Waals surface area (Å²) in [5.74, 6) is -4.25. The van der Waals surface area contributed by atoms with Gasteiger partial charge in [0.15, 0.2) is 11.6 Å². The Morgan fingerprint density at radius 3 is 2.26 bits per heavy atom. The van der Waals surface area contributed by atoms with Crippen molar-refractivity contribution in [2.45, 2.75) is 26.2 Å². The molecule has 1 aliphatic heterocycles. The summed E-state index contributed by atoms with van der Waals surface area (Å²) in [6, 6.07) is 9.61. The topological polar surface area (TPSA) is 61.8 Å². The molecule has 0 saturated carbocycles. The monoisotopic (exact) mass is 374 g/mol. The maximum absolute atomic E-state index is 13.5. The standard InChI is InChI=1S/C20H16F2O5/c1-20(2)26-18(23)15(19(24)27-20)9-12-3-5-13(6-4-12)11-25-17-10-14(21)7-8-16(17)22/h3-10H,11H2,1-2H3. The van der Waals surface area contributed by atoms with E-state index < -0.39 is 29.4 Å². The molecule has 2 aromatic carbocycles. The predicted molar refractivity (Wildman–Crippen MR) is 91.4 cm³/mol. The van der Waals surface area contributed by atoms with Gasteiger partial charge in [0.05, 0.1) is 0 Å². The molecule has 0 N–H and O–H groups in total. The van der Waals surface area contributed by atoms with Crippen molar-refractivity contribution in [2.75, 3.05) is 0 Å². The largest absolute Gasteiger partial charge is 0.486 e. The first-order valence-electron chi connectivity index (χ1n) is 8.09. The van der Waals surface area contributed by atoms with E-state index in [2.05, 4.69) is 0 Å². The molecule has 0 bridgehead atoms. The summed E-state index contributed by atoms with van der Waals surface area (Å²) in [6.07, 6.45) is 1.36. The smallest absolute Gasteiger partial charge is 0.348 e. The van der Waals surface area contributed by atoms with E-state index in [4.69, 9.17) is 14.2 Å². The molecule has 0 amide bonds. The lowest BCUT2D eigenvalue weighted by Gasteiger charge is -2.29. The average molecular weight is 374 g/mol. The van der Waals surface area contributed by atoms with E-state index in [1.54, 1.807) is 24.3 Å². The van der Waals surface area contributed by atoms with Crippen molar-refractivity contribution >= 4 is 18.0 Å². The van der Waals surface area contributed by atoms with E-state index in [1.807, 2.05) is 0 Å². The summed E-state index contributed by atoms with van der Waals surface area (Å²) in [6.45, 7) is 2.96. The third-order valence-electron chi connectivity index (χ3n) is 3.70. The minimum absolute atomic E-state index is 0.0233. The van der Waals surface area contributed by atoms with Gasteiger partial charge < -0.3 is 14.2 Å². The van der Waals surface area contributed by atoms with Crippen LogP contribution in [0.2, 0.25) is 0 Å². The molecule has 1 aliphatic rings. The highest BCUT2D eigenvalue weighted by Crippen LogP contribution is 2.24. The van der Waals surface area contributed by atoms with Gasteiger partial charge in [0.1, 0.15) is 18.0 Å². The Morgan fingerprint density at radius 1 is 1.00 bits per heavy atom. The Bertz CT molecular complexity index is 894. The van der Waals surface area contributed by atoms with Gasteiger partial charge in [0, 0.05) is 19.9 Å². The normalized spacial score (nSPS) is 15.8. The molecule has 0 aliphatic carbocycles. The van der Waals surface area contributed by atoms with Crippen LogP contribution in [0.25, 0.3) is 6.08 Å². The molecule has 27 heavy (non-hydrogen) atoms. The quantitative estimate of drug-likeness (QED) is 0.463. The molecular weight excluding hydrogens is 358 g/mol. The summed E-state index contributed by atoms with van der Waals surface area (Å²) in [4.78, 5) is 23.9. The fourth-order valence-corrected chi connectivity index (χ4v) is 2.40. The molecule has 0 unspecified atom stereocenters. The van der Waals surface area contributed by atoms with E-state index in [1.165, 1.54) is 19.9 Å². The highest BCUT2D eigenvalue weighted by molar-refractivity contribution is 6.18. The van der Waals surface area contributed by atoms with Crippen LogP contribution in [-0.4, -0.2) is 17.7 Å². The third kappa shape index (κ3) is 4.49. The van der Waals surface area contributed by atoms with Crippen LogP contribution < -0.4 is 4.74 Å². The summed E-state index contributed by atoms with van der Waals surface area (Å²) in [7, 11) is 0. The Balaban J connectivity index is 1.69. The number of carbonyl (C=O) groups excluding carboxylic acids is 2. The first-order valence-corrected chi connectivity index (χ1v) is 8.09. The first kappa shape index (κ1) is 18.6. The zero-order chi connectivity index (χ0) is 19.6. The number of rotatable bonds is 4. The van der Waals surface area contributed by atoms with Crippen LogP contribution in [-0.2, 0) is 25.7 Å². The molecule has 7 heteroatoms. The number of ether oxygens (including phenoxy) is 3. The number of cyclic esters (lactones) is 2. The maximum atomic E-state index is 13.5. The van der Waals surface area contributed by atoms with Crippen molar-refractivity contribution in [1.82, 2.24) is 0 Å². The van der Waals surface area contributed by atoms with Crippen molar-refractivity contribution in [3.63, 3.8) is 0 Å². The number of hydrogen-bond acceptors (Lipinski definition) is 5. The molecule has 0 radical (unpaired) electrons. The van der Waals surface area contributed by atoms with Gasteiger partial charge in [0.25, 0.3) is 5.79 Å². The van der Waals surface area contributed by atoms with E-state index in [0.717, 1.165) is 18.2 Å². The zero-order valence-corrected chi connectivity index (χ0v) is 14.6. The number of benzene rings is 2. The lowest BCUT2D eigenvalue weighted by atomic mass is 10.1. The van der Waals surface area contributed by atoms with E-state index in [0.29, 0.717) is 11.1 Å². The molecule has 1 saturated heterocycles. The van der Waals surface area contributed by atoms with Gasteiger partial charge >= 0.3 is 11.9 Å². The third-order valence-corrected chi connectivity index (χ3v) is 3.70. The average Bonchev–Trinajstić information content (AvgIpc) is 2.59. The molecule has 3 rings (SSSR count). The van der Waals surface area contributed by atoms with Gasteiger partial charge in [-0.1, -0.05) is 24.3 Å². The lowest BCUT2D eigenvalue weighted by molar-refractivity contribution is -0.222. The molecule has 1 heterocycles. The fraction of sp³-hybridized carbons (Fsp3) is 0.200. The number of hydrogen-bond donors (Lipinski definition) is 0. The van der Waals surface area contributed by atoms with Crippen LogP contribution in [0.1, 0.15) is 25.0 Å². The minimum Gasteiger partial charge on any atom is -0.486 e. The Labute approximate surface area is 154 Å². The van der Waals surface area contributed by atoms with Crippen LogP contribution in [0.4, 0.5) is 8.78 Å². The predicted octanol–water partition coefficient (Wildman–Crippen LogP) is 3.76. The number of carbonyl (C=O) groups is 2. The van der Waals surface area contributed by atoms with E-state index in [-0.39, 0.29) is 17.9 Å². The van der Waals surface area contributed by atoms with Gasteiger partial charge in [-0.25, -0.2) is 18.4 Å². The fourth-order valence-electron chi connectivity index (χ4n) is 2.40. The molecule has 0 aromatic heterocycles. The SMILES string of the molecule is CC1(C)OC(=O)C(=Cc2ccc(COc3cc(F)ccc3F)cc2)C(=O)O1. The second kappa shape index (κ2) is 7.19. The van der Waals surface area contributed by atoms with Crippen LogP contribution in [0.5, 0.6) is 5.75 Å². The zero-order valence-electron chi connectivity index (χ0n) is 14.6. The molecule has 1 fully saturated rings. The first-order chi connectivity index (χ1) is 12.7. The van der Waals surface area contributed by atoms with E-state index >= 15 is 0 Å². The Hall–Kier alpha value is -3.22. The van der Waals surface area contributed by atoms with Gasteiger partial charge in [-0.3, -0.25) is 0 Å². The van der Waals surface area contributed by atoms with Gasteiger partial charge in [-0.05, 0) is 29.3 Å². The van der Waals surface area contributed by atoms with Crippen LogP contribution >= 0.6 is 0 Å². The van der Waals surface area contributed by atoms with Crippen LogP contribution in [0.3, 0.4) is 0 Å². The van der Waals surface area contributed by atoms with Crippen molar-refractivity contribution in [3.05, 3.63) is 70.8 Å². The summed E-state index contributed by atoms with van der Waals surface area (Å²) in [5, 5.41) is 0. The Kier molecular flexibility index (Phi) is 4.94.